The van der Waals surface area contributed by atoms with Crippen LogP contribution in [0, 0.1) is 0 Å². The van der Waals surface area contributed by atoms with Gasteiger partial charge in [-0.2, -0.15) is 12.8 Å². The van der Waals surface area contributed by atoms with Crippen molar-refractivity contribution in [2.75, 3.05) is 0 Å². The Morgan fingerprint density at radius 1 is 0.950 bits per heavy atom. The molecule has 1 aromatic heterocycles. The van der Waals surface area contributed by atoms with Gasteiger partial charge in [0.05, 0.1) is 0 Å². The van der Waals surface area contributed by atoms with Gasteiger partial charge in [-0.1, -0.05) is 48.5 Å². The second-order valence-corrected chi connectivity index (χ2v) is 7.02. The topological polar surface area (TPSA) is 46.5 Å². The van der Waals surface area contributed by atoms with Gasteiger partial charge < -0.3 is 0 Å². The average molecular weight is 301 g/mol. The molecule has 3 nitrogen and oxygen atoms in total. The molecular formula is C15H11NO2S2. The minimum Gasteiger partial charge on any atom is -0.198 e. The largest absolute Gasteiger partial charge is 0.291 e. The van der Waals surface area contributed by atoms with E-state index in [0.717, 1.165) is 16.3 Å². The summed E-state index contributed by atoms with van der Waals surface area (Å²) in [6, 6.07) is 16.8. The van der Waals surface area contributed by atoms with Gasteiger partial charge in [-0.3, -0.25) is 0 Å². The van der Waals surface area contributed by atoms with Crippen LogP contribution in [0.3, 0.4) is 0 Å². The highest BCUT2D eigenvalue weighted by atomic mass is 32.2. The first-order valence-corrected chi connectivity index (χ1v) is 8.30. The minimum absolute atomic E-state index is 0.258. The van der Waals surface area contributed by atoms with Gasteiger partial charge in [0.25, 0.3) is 10.0 Å². The fraction of sp³-hybridized carbons (Fsp3) is 0. The minimum atomic E-state index is -3.60. The third-order valence-corrected chi connectivity index (χ3v) is 5.51. The van der Waals surface area contributed by atoms with E-state index in [1.165, 1.54) is 17.6 Å². The molecule has 100 valence electrons. The summed E-state index contributed by atoms with van der Waals surface area (Å²) in [7, 11) is -3.60. The molecule has 0 saturated carbocycles. The lowest BCUT2D eigenvalue weighted by molar-refractivity contribution is 0.600. The Bertz CT molecular complexity index is 861. The highest BCUT2D eigenvalue weighted by Crippen LogP contribution is 2.20. The van der Waals surface area contributed by atoms with Crippen LogP contribution >= 0.6 is 11.3 Å². The zero-order chi connectivity index (χ0) is 14.0. The molecule has 2 aromatic carbocycles. The van der Waals surface area contributed by atoms with Crippen molar-refractivity contribution in [3.05, 3.63) is 65.5 Å². The van der Waals surface area contributed by atoms with Gasteiger partial charge in [-0.25, -0.2) is 0 Å². The highest BCUT2D eigenvalue weighted by molar-refractivity contribution is 7.92. The van der Waals surface area contributed by atoms with Gasteiger partial charge in [-0.05, 0) is 22.2 Å². The molecule has 20 heavy (non-hydrogen) atoms. The Hall–Kier alpha value is -1.98. The van der Waals surface area contributed by atoms with Gasteiger partial charge in [0.15, 0.2) is 0 Å². The lowest BCUT2D eigenvalue weighted by atomic mass is 10.1. The number of hydrogen-bond donors (Lipinski definition) is 0. The van der Waals surface area contributed by atoms with E-state index < -0.39 is 10.0 Å². The monoisotopic (exact) mass is 301 g/mol. The quantitative estimate of drug-likeness (QED) is 0.692. The van der Waals surface area contributed by atoms with E-state index in [9.17, 15) is 8.42 Å². The van der Waals surface area contributed by atoms with Gasteiger partial charge in [-0.15, -0.1) is 11.3 Å². The zero-order valence-corrected chi connectivity index (χ0v) is 12.1. The van der Waals surface area contributed by atoms with E-state index in [-0.39, 0.29) is 4.21 Å². The molecule has 0 atom stereocenters. The van der Waals surface area contributed by atoms with Gasteiger partial charge in [0, 0.05) is 11.8 Å². The summed E-state index contributed by atoms with van der Waals surface area (Å²) in [5, 5.41) is 3.77. The number of thiophene rings is 1. The molecule has 0 saturated heterocycles. The van der Waals surface area contributed by atoms with E-state index >= 15 is 0 Å². The molecule has 0 radical (unpaired) electrons. The van der Waals surface area contributed by atoms with Gasteiger partial charge in [0.2, 0.25) is 0 Å². The summed E-state index contributed by atoms with van der Waals surface area (Å²) in [5.41, 5.74) is 0.795. The standard InChI is InChI=1S/C15H11NO2S2/c17-20(18,15-9-4-10-19-15)16-11-13-7-3-6-12-5-1-2-8-14(12)13/h1-11H/b16-11+. The van der Waals surface area contributed by atoms with Crippen molar-refractivity contribution in [1.82, 2.24) is 0 Å². The normalized spacial score (nSPS) is 12.2. The molecule has 1 heterocycles. The molecule has 0 aliphatic carbocycles. The third kappa shape index (κ3) is 2.50. The van der Waals surface area contributed by atoms with Gasteiger partial charge in [0.1, 0.15) is 4.21 Å². The number of sulfonamides is 1. The predicted octanol–water partition coefficient (Wildman–Crippen LogP) is 3.71. The lowest BCUT2D eigenvalue weighted by Gasteiger charge is -2.01. The fourth-order valence-corrected chi connectivity index (χ4v) is 3.79. The molecule has 0 spiro atoms. The van der Waals surface area contributed by atoms with Crippen molar-refractivity contribution in [2.45, 2.75) is 4.21 Å². The van der Waals surface area contributed by atoms with Crippen LogP contribution in [0.15, 0.2) is 68.6 Å². The van der Waals surface area contributed by atoms with Crippen LogP contribution in [0.25, 0.3) is 10.8 Å². The third-order valence-electron chi connectivity index (χ3n) is 2.90. The van der Waals surface area contributed by atoms with Crippen molar-refractivity contribution in [3.63, 3.8) is 0 Å². The SMILES string of the molecule is O=S(=O)(/N=C/c1cccc2ccccc12)c1cccs1. The number of benzene rings is 2. The fourth-order valence-electron chi connectivity index (χ4n) is 1.95. The Morgan fingerprint density at radius 2 is 1.75 bits per heavy atom. The summed E-state index contributed by atoms with van der Waals surface area (Å²) in [4.78, 5) is 0. The number of fused-ring (bicyclic) bond motifs is 1. The molecule has 0 aliphatic rings. The number of rotatable bonds is 3. The van der Waals surface area contributed by atoms with Crippen molar-refractivity contribution >= 4 is 38.3 Å². The first-order chi connectivity index (χ1) is 9.67. The van der Waals surface area contributed by atoms with Crippen molar-refractivity contribution in [2.24, 2.45) is 4.40 Å². The van der Waals surface area contributed by atoms with Crippen molar-refractivity contribution in [3.8, 4) is 0 Å². The maximum absolute atomic E-state index is 12.0. The highest BCUT2D eigenvalue weighted by Gasteiger charge is 2.12. The lowest BCUT2D eigenvalue weighted by Crippen LogP contribution is -1.95. The van der Waals surface area contributed by atoms with E-state index in [4.69, 9.17) is 0 Å². The molecule has 0 unspecified atom stereocenters. The van der Waals surface area contributed by atoms with Crippen LogP contribution in [-0.4, -0.2) is 14.6 Å². The molecule has 0 N–H and O–H groups in total. The molecule has 3 rings (SSSR count). The van der Waals surface area contributed by atoms with Crippen LogP contribution in [0.5, 0.6) is 0 Å². The molecule has 3 aromatic rings. The van der Waals surface area contributed by atoms with Crippen LogP contribution in [0.1, 0.15) is 5.56 Å². The molecule has 0 amide bonds. The molecular weight excluding hydrogens is 290 g/mol. The Morgan fingerprint density at radius 3 is 2.55 bits per heavy atom. The Balaban J connectivity index is 2.04. The van der Waals surface area contributed by atoms with E-state index in [1.54, 1.807) is 17.5 Å². The zero-order valence-electron chi connectivity index (χ0n) is 10.4. The van der Waals surface area contributed by atoms with Crippen molar-refractivity contribution in [1.29, 1.82) is 0 Å². The summed E-state index contributed by atoms with van der Waals surface area (Å²) in [6.07, 6.45) is 1.41. The van der Waals surface area contributed by atoms with Crippen LogP contribution < -0.4 is 0 Å². The molecule has 0 fully saturated rings. The van der Waals surface area contributed by atoms with Crippen LogP contribution in [0.4, 0.5) is 0 Å². The maximum Gasteiger partial charge on any atom is 0.291 e. The predicted molar refractivity (Wildman–Crippen MR) is 83.0 cm³/mol. The summed E-state index contributed by atoms with van der Waals surface area (Å²) in [6.45, 7) is 0. The Kier molecular flexibility index (Phi) is 3.38. The first kappa shape index (κ1) is 13.0. The van der Waals surface area contributed by atoms with E-state index in [0.29, 0.717) is 0 Å². The summed E-state index contributed by atoms with van der Waals surface area (Å²) < 4.78 is 28.1. The van der Waals surface area contributed by atoms with E-state index in [2.05, 4.69) is 4.40 Å². The van der Waals surface area contributed by atoms with Gasteiger partial charge >= 0.3 is 0 Å². The second kappa shape index (κ2) is 5.19. The Labute approximate surface area is 121 Å². The maximum atomic E-state index is 12.0. The first-order valence-electron chi connectivity index (χ1n) is 5.98. The van der Waals surface area contributed by atoms with Crippen LogP contribution in [-0.2, 0) is 10.0 Å². The summed E-state index contributed by atoms with van der Waals surface area (Å²) in [5.74, 6) is 0. The van der Waals surface area contributed by atoms with Crippen LogP contribution in [0.2, 0.25) is 0 Å². The van der Waals surface area contributed by atoms with Crippen molar-refractivity contribution < 1.29 is 8.42 Å². The second-order valence-electron chi connectivity index (χ2n) is 4.21. The molecule has 0 bridgehead atoms. The molecule has 5 heteroatoms. The molecule has 0 aliphatic heterocycles. The summed E-state index contributed by atoms with van der Waals surface area (Å²) >= 11 is 1.17. The van der Waals surface area contributed by atoms with E-state index in [1.807, 2.05) is 42.5 Å². The average Bonchev–Trinajstić information content (AvgIpc) is 3.00. The smallest absolute Gasteiger partial charge is 0.198 e. The number of hydrogen-bond acceptors (Lipinski definition) is 3. The number of nitrogens with zero attached hydrogens (tertiary/aromatic N) is 1.